The lowest BCUT2D eigenvalue weighted by atomic mass is 10.1. The van der Waals surface area contributed by atoms with E-state index in [-0.39, 0.29) is 0 Å². The Kier molecular flexibility index (Phi) is 5.71. The van der Waals surface area contributed by atoms with Gasteiger partial charge in [0.15, 0.2) is 0 Å². The van der Waals surface area contributed by atoms with Crippen molar-refractivity contribution in [3.63, 3.8) is 0 Å². The Morgan fingerprint density at radius 1 is 1.19 bits per heavy atom. The van der Waals surface area contributed by atoms with Crippen LogP contribution in [0.5, 0.6) is 0 Å². The average molecular weight is 239 g/mol. The second-order valence-corrected chi connectivity index (χ2v) is 5.86. The van der Waals surface area contributed by atoms with E-state index >= 15 is 0 Å². The fourth-order valence-electron chi connectivity index (χ4n) is 1.80. The van der Waals surface area contributed by atoms with Gasteiger partial charge in [-0.2, -0.15) is 0 Å². The van der Waals surface area contributed by atoms with Gasteiger partial charge >= 0.3 is 0 Å². The first-order valence-corrected chi connectivity index (χ1v) is 7.38. The summed E-state index contributed by atoms with van der Waals surface area (Å²) < 4.78 is 10.8. The highest BCUT2D eigenvalue weighted by molar-refractivity contribution is 7.84. The van der Waals surface area contributed by atoms with Crippen LogP contribution >= 0.6 is 0 Å². The van der Waals surface area contributed by atoms with Gasteiger partial charge in [-0.05, 0) is 32.4 Å². The minimum atomic E-state index is -0.661. The van der Waals surface area contributed by atoms with Gasteiger partial charge in [-0.15, -0.1) is 0 Å². The van der Waals surface area contributed by atoms with E-state index in [2.05, 4.69) is 37.4 Å². The van der Waals surface area contributed by atoms with Crippen molar-refractivity contribution >= 4 is 10.8 Å². The Labute approximate surface area is 101 Å². The quantitative estimate of drug-likeness (QED) is 0.771. The minimum absolute atomic E-state index is 0.661. The molecule has 0 aliphatic carbocycles. The lowest BCUT2D eigenvalue weighted by Gasteiger charge is -2.06. The third-order valence-corrected chi connectivity index (χ3v) is 3.26. The van der Waals surface area contributed by atoms with E-state index in [1.54, 1.807) is 6.26 Å². The van der Waals surface area contributed by atoms with Gasteiger partial charge in [0.2, 0.25) is 0 Å². The van der Waals surface area contributed by atoms with Gasteiger partial charge in [0.1, 0.15) is 0 Å². The molecule has 90 valence electrons. The number of benzene rings is 1. The lowest BCUT2D eigenvalue weighted by molar-refractivity contribution is 0.662. The molecule has 2 nitrogen and oxygen atoms in total. The van der Waals surface area contributed by atoms with Crippen molar-refractivity contribution in [2.24, 2.45) is 0 Å². The van der Waals surface area contributed by atoms with Crippen molar-refractivity contribution in [1.29, 1.82) is 0 Å². The number of hydrogen-bond donors (Lipinski definition) is 1. The van der Waals surface area contributed by atoms with Crippen LogP contribution in [0, 0.1) is 13.8 Å². The predicted octanol–water partition coefficient (Wildman–Crippen LogP) is 2.16. The van der Waals surface area contributed by atoms with Gasteiger partial charge < -0.3 is 5.32 Å². The summed E-state index contributed by atoms with van der Waals surface area (Å²) in [6, 6.07) is 6.60. The molecule has 1 aromatic carbocycles. The number of hydrogen-bond acceptors (Lipinski definition) is 2. The Bertz CT molecular complexity index is 343. The van der Waals surface area contributed by atoms with Crippen LogP contribution in [-0.2, 0) is 17.3 Å². The molecule has 0 aliphatic rings. The maximum Gasteiger partial charge on any atom is 0.0244 e. The normalized spacial score (nSPS) is 12.7. The highest BCUT2D eigenvalue weighted by Gasteiger charge is 1.96. The number of aryl methyl sites for hydroxylation is 2. The summed E-state index contributed by atoms with van der Waals surface area (Å²) in [5.74, 6) is 0.792. The molecular formula is C13H21NOS. The van der Waals surface area contributed by atoms with E-state index in [0.29, 0.717) is 0 Å². The summed E-state index contributed by atoms with van der Waals surface area (Å²) in [7, 11) is -0.661. The zero-order chi connectivity index (χ0) is 12.0. The first-order valence-electron chi connectivity index (χ1n) is 5.66. The van der Waals surface area contributed by atoms with Gasteiger partial charge in [0, 0.05) is 29.4 Å². The molecule has 3 heteroatoms. The lowest BCUT2D eigenvalue weighted by Crippen LogP contribution is -2.16. The zero-order valence-electron chi connectivity index (χ0n) is 10.4. The van der Waals surface area contributed by atoms with Crippen LogP contribution in [0.3, 0.4) is 0 Å². The second kappa shape index (κ2) is 6.81. The zero-order valence-corrected chi connectivity index (χ0v) is 11.2. The average Bonchev–Trinajstić information content (AvgIpc) is 2.15. The first kappa shape index (κ1) is 13.4. The van der Waals surface area contributed by atoms with E-state index in [4.69, 9.17) is 0 Å². The highest BCUT2D eigenvalue weighted by atomic mass is 32.2. The van der Waals surface area contributed by atoms with Crippen molar-refractivity contribution in [3.05, 3.63) is 34.9 Å². The molecule has 0 amide bonds. The van der Waals surface area contributed by atoms with E-state index in [1.807, 2.05) is 0 Å². The van der Waals surface area contributed by atoms with Crippen LogP contribution in [0.15, 0.2) is 18.2 Å². The Morgan fingerprint density at radius 3 is 2.38 bits per heavy atom. The summed E-state index contributed by atoms with van der Waals surface area (Å²) in [6.07, 6.45) is 2.73. The molecule has 0 spiro atoms. The summed E-state index contributed by atoms with van der Waals surface area (Å²) in [5.41, 5.74) is 3.95. The number of nitrogens with one attached hydrogen (secondary N) is 1. The Hall–Kier alpha value is -0.670. The molecule has 0 aliphatic heterocycles. The molecule has 0 heterocycles. The molecule has 16 heavy (non-hydrogen) atoms. The van der Waals surface area contributed by atoms with Gasteiger partial charge in [0.25, 0.3) is 0 Å². The topological polar surface area (TPSA) is 29.1 Å². The summed E-state index contributed by atoms with van der Waals surface area (Å²) >= 11 is 0. The van der Waals surface area contributed by atoms with E-state index in [9.17, 15) is 4.21 Å². The molecular weight excluding hydrogens is 218 g/mol. The van der Waals surface area contributed by atoms with Crippen LogP contribution in [0.4, 0.5) is 0 Å². The van der Waals surface area contributed by atoms with E-state index in [1.165, 1.54) is 16.7 Å². The van der Waals surface area contributed by atoms with E-state index in [0.717, 1.165) is 25.3 Å². The van der Waals surface area contributed by atoms with Gasteiger partial charge in [0.05, 0.1) is 0 Å². The summed E-state index contributed by atoms with van der Waals surface area (Å²) in [5, 5.41) is 3.38. The SMILES string of the molecule is Cc1cc(C)cc(CNCCCS(C)=O)c1. The molecule has 1 unspecified atom stereocenters. The molecule has 1 rings (SSSR count). The van der Waals surface area contributed by atoms with Crippen molar-refractivity contribution in [2.45, 2.75) is 26.8 Å². The van der Waals surface area contributed by atoms with E-state index < -0.39 is 10.8 Å². The first-order chi connectivity index (χ1) is 7.58. The fourth-order valence-corrected chi connectivity index (χ4v) is 2.36. The second-order valence-electron chi connectivity index (χ2n) is 4.30. The maximum absolute atomic E-state index is 10.8. The summed E-state index contributed by atoms with van der Waals surface area (Å²) in [6.45, 7) is 6.08. The third-order valence-electron chi connectivity index (χ3n) is 2.40. The molecule has 0 bridgehead atoms. The molecule has 1 aromatic rings. The smallest absolute Gasteiger partial charge is 0.0244 e. The highest BCUT2D eigenvalue weighted by Crippen LogP contribution is 2.08. The van der Waals surface area contributed by atoms with Crippen molar-refractivity contribution in [1.82, 2.24) is 5.32 Å². The van der Waals surface area contributed by atoms with Crippen LogP contribution in [0.1, 0.15) is 23.1 Å². The molecule has 0 radical (unpaired) electrons. The molecule has 0 aromatic heterocycles. The molecule has 0 fully saturated rings. The fraction of sp³-hybridized carbons (Fsp3) is 0.538. The van der Waals surface area contributed by atoms with Crippen molar-refractivity contribution in [2.75, 3.05) is 18.6 Å². The number of rotatable bonds is 6. The van der Waals surface area contributed by atoms with Crippen LogP contribution in [0.2, 0.25) is 0 Å². The molecule has 0 saturated carbocycles. The van der Waals surface area contributed by atoms with Crippen LogP contribution in [-0.4, -0.2) is 22.8 Å². The van der Waals surface area contributed by atoms with Crippen LogP contribution < -0.4 is 5.32 Å². The minimum Gasteiger partial charge on any atom is -0.313 e. The van der Waals surface area contributed by atoms with Gasteiger partial charge in [-0.3, -0.25) is 4.21 Å². The molecule has 1 atom stereocenters. The Balaban J connectivity index is 2.29. The van der Waals surface area contributed by atoms with Crippen molar-refractivity contribution in [3.8, 4) is 0 Å². The Morgan fingerprint density at radius 2 is 1.81 bits per heavy atom. The monoisotopic (exact) mass is 239 g/mol. The standard InChI is InChI=1S/C13H21NOS/c1-11-7-12(2)9-13(8-11)10-14-5-4-6-16(3)15/h7-9,14H,4-6,10H2,1-3H3. The predicted molar refractivity (Wildman–Crippen MR) is 71.2 cm³/mol. The summed E-state index contributed by atoms with van der Waals surface area (Å²) in [4.78, 5) is 0. The molecule has 0 saturated heterocycles. The van der Waals surface area contributed by atoms with Gasteiger partial charge in [-0.1, -0.05) is 29.3 Å². The van der Waals surface area contributed by atoms with Gasteiger partial charge in [-0.25, -0.2) is 0 Å². The largest absolute Gasteiger partial charge is 0.313 e. The molecule has 1 N–H and O–H groups in total. The van der Waals surface area contributed by atoms with Crippen LogP contribution in [0.25, 0.3) is 0 Å². The maximum atomic E-state index is 10.8. The third kappa shape index (κ3) is 5.42. The van der Waals surface area contributed by atoms with Crippen molar-refractivity contribution < 1.29 is 4.21 Å².